The molecular formula is C21H28N4O3S. The van der Waals surface area contributed by atoms with Crippen LogP contribution in [0.1, 0.15) is 5.56 Å². The molecule has 0 atom stereocenters. The minimum absolute atomic E-state index is 0.360. The van der Waals surface area contributed by atoms with E-state index in [4.69, 9.17) is 4.74 Å². The van der Waals surface area contributed by atoms with Gasteiger partial charge < -0.3 is 10.1 Å². The van der Waals surface area contributed by atoms with Crippen LogP contribution in [-0.2, 0) is 16.8 Å². The fraction of sp³-hybridized carbons (Fsp3) is 0.429. The summed E-state index contributed by atoms with van der Waals surface area (Å²) in [6.07, 6.45) is 0. The zero-order chi connectivity index (χ0) is 20.1. The summed E-state index contributed by atoms with van der Waals surface area (Å²) < 4.78 is 34.9. The Morgan fingerprint density at radius 1 is 0.828 bits per heavy atom. The van der Waals surface area contributed by atoms with Crippen molar-refractivity contribution in [2.24, 2.45) is 0 Å². The van der Waals surface area contributed by atoms with Crippen molar-refractivity contribution in [1.29, 1.82) is 0 Å². The van der Waals surface area contributed by atoms with Crippen molar-refractivity contribution in [1.82, 2.24) is 18.8 Å². The van der Waals surface area contributed by atoms with Crippen molar-refractivity contribution in [3.8, 4) is 11.5 Å². The van der Waals surface area contributed by atoms with E-state index in [-0.39, 0.29) is 0 Å². The third-order valence-corrected chi connectivity index (χ3v) is 7.34. The molecule has 2 saturated heterocycles. The summed E-state index contributed by atoms with van der Waals surface area (Å²) in [5, 5.41) is 3.32. The van der Waals surface area contributed by atoms with E-state index in [0.29, 0.717) is 31.9 Å². The summed E-state index contributed by atoms with van der Waals surface area (Å²) in [6, 6.07) is 17.2. The molecule has 2 heterocycles. The summed E-state index contributed by atoms with van der Waals surface area (Å²) in [5.74, 6) is 1.47. The van der Waals surface area contributed by atoms with Crippen LogP contribution in [0.15, 0.2) is 54.6 Å². The predicted octanol–water partition coefficient (Wildman–Crippen LogP) is 1.75. The highest BCUT2D eigenvalue weighted by molar-refractivity contribution is 7.87. The highest BCUT2D eigenvalue weighted by atomic mass is 32.2. The van der Waals surface area contributed by atoms with Gasteiger partial charge in [-0.2, -0.15) is 17.0 Å². The Morgan fingerprint density at radius 2 is 1.55 bits per heavy atom. The Bertz CT molecular complexity index is 901. The Labute approximate surface area is 173 Å². The maximum Gasteiger partial charge on any atom is 0.282 e. The number of benzene rings is 2. The summed E-state index contributed by atoms with van der Waals surface area (Å²) in [4.78, 5) is 2.32. The molecule has 0 aliphatic carbocycles. The SMILES string of the molecule is O=S1(=O)N(CCN2CCNCC2)CCN1Cc1cccc(Oc2ccccc2)c1. The second kappa shape index (κ2) is 9.23. The molecule has 2 fully saturated rings. The molecule has 0 aromatic heterocycles. The number of para-hydroxylation sites is 1. The second-order valence-electron chi connectivity index (χ2n) is 7.39. The lowest BCUT2D eigenvalue weighted by Crippen LogP contribution is -2.46. The van der Waals surface area contributed by atoms with Gasteiger partial charge in [-0.1, -0.05) is 30.3 Å². The second-order valence-corrected chi connectivity index (χ2v) is 9.32. The fourth-order valence-electron chi connectivity index (χ4n) is 3.73. The molecule has 0 radical (unpaired) electrons. The smallest absolute Gasteiger partial charge is 0.282 e. The summed E-state index contributed by atoms with van der Waals surface area (Å²) >= 11 is 0. The minimum atomic E-state index is -3.42. The van der Waals surface area contributed by atoms with Gasteiger partial charge >= 0.3 is 0 Å². The van der Waals surface area contributed by atoms with Crippen molar-refractivity contribution in [3.05, 3.63) is 60.2 Å². The monoisotopic (exact) mass is 416 g/mol. The first-order chi connectivity index (χ1) is 14.1. The number of nitrogens with one attached hydrogen (secondary N) is 1. The zero-order valence-corrected chi connectivity index (χ0v) is 17.4. The van der Waals surface area contributed by atoms with Crippen molar-refractivity contribution < 1.29 is 13.2 Å². The molecule has 7 nitrogen and oxygen atoms in total. The van der Waals surface area contributed by atoms with Crippen LogP contribution < -0.4 is 10.1 Å². The van der Waals surface area contributed by atoms with Crippen molar-refractivity contribution in [3.63, 3.8) is 0 Å². The molecular weight excluding hydrogens is 388 g/mol. The van der Waals surface area contributed by atoms with Gasteiger partial charge in [-0.05, 0) is 29.8 Å². The zero-order valence-electron chi connectivity index (χ0n) is 16.5. The highest BCUT2D eigenvalue weighted by Crippen LogP contribution is 2.24. The first kappa shape index (κ1) is 20.3. The molecule has 0 amide bonds. The average Bonchev–Trinajstić information content (AvgIpc) is 3.01. The third-order valence-electron chi connectivity index (χ3n) is 5.36. The topological polar surface area (TPSA) is 65.1 Å². The first-order valence-electron chi connectivity index (χ1n) is 10.1. The quantitative estimate of drug-likeness (QED) is 0.745. The number of piperazine rings is 1. The maximum atomic E-state index is 12.9. The molecule has 2 aromatic rings. The van der Waals surface area contributed by atoms with Gasteiger partial charge in [-0.25, -0.2) is 0 Å². The van der Waals surface area contributed by atoms with Crippen LogP contribution in [0.5, 0.6) is 11.5 Å². The number of rotatable bonds is 7. The van der Waals surface area contributed by atoms with Gasteiger partial charge in [0.1, 0.15) is 11.5 Å². The van der Waals surface area contributed by atoms with E-state index in [9.17, 15) is 8.42 Å². The normalized spacial score (nSPS) is 20.7. The van der Waals surface area contributed by atoms with Gasteiger partial charge in [0, 0.05) is 58.9 Å². The molecule has 2 aromatic carbocycles. The highest BCUT2D eigenvalue weighted by Gasteiger charge is 2.36. The van der Waals surface area contributed by atoms with E-state index in [1.54, 1.807) is 8.61 Å². The Morgan fingerprint density at radius 3 is 2.34 bits per heavy atom. The number of hydrogen-bond acceptors (Lipinski definition) is 5. The van der Waals surface area contributed by atoms with Crippen molar-refractivity contribution >= 4 is 10.2 Å². The summed E-state index contributed by atoms with van der Waals surface area (Å²) in [7, 11) is -3.42. The number of ether oxygens (including phenoxy) is 1. The molecule has 156 valence electrons. The number of hydrogen-bond donors (Lipinski definition) is 1. The summed E-state index contributed by atoms with van der Waals surface area (Å²) in [5.41, 5.74) is 0.922. The number of nitrogens with zero attached hydrogens (tertiary/aromatic N) is 3. The fourth-order valence-corrected chi connectivity index (χ4v) is 5.30. The van der Waals surface area contributed by atoms with E-state index < -0.39 is 10.2 Å². The van der Waals surface area contributed by atoms with Crippen LogP contribution in [0.2, 0.25) is 0 Å². The molecule has 0 unspecified atom stereocenters. The van der Waals surface area contributed by atoms with Gasteiger partial charge in [0.15, 0.2) is 0 Å². The molecule has 2 aliphatic rings. The van der Waals surface area contributed by atoms with Crippen molar-refractivity contribution in [2.45, 2.75) is 6.54 Å². The largest absolute Gasteiger partial charge is 0.457 e. The molecule has 8 heteroatoms. The molecule has 4 rings (SSSR count). The molecule has 0 spiro atoms. The average molecular weight is 417 g/mol. The van der Waals surface area contributed by atoms with Gasteiger partial charge in [0.2, 0.25) is 0 Å². The lowest BCUT2D eigenvalue weighted by atomic mass is 10.2. The molecule has 0 saturated carbocycles. The Kier molecular flexibility index (Phi) is 6.46. The molecule has 29 heavy (non-hydrogen) atoms. The standard InChI is InChI=1S/C21H28N4O3S/c26-29(27)24(14-13-23-11-9-22-10-12-23)15-16-25(29)18-19-5-4-8-21(17-19)28-20-6-2-1-3-7-20/h1-8,17,22H,9-16,18H2. The van der Waals surface area contributed by atoms with Crippen LogP contribution in [0.3, 0.4) is 0 Å². The van der Waals surface area contributed by atoms with Gasteiger partial charge in [-0.15, -0.1) is 0 Å². The van der Waals surface area contributed by atoms with E-state index in [1.165, 1.54) is 0 Å². The van der Waals surface area contributed by atoms with Gasteiger partial charge in [-0.3, -0.25) is 4.90 Å². The van der Waals surface area contributed by atoms with Crippen LogP contribution in [0.4, 0.5) is 0 Å². The molecule has 2 aliphatic heterocycles. The van der Waals surface area contributed by atoms with Gasteiger partial charge in [0.05, 0.1) is 0 Å². The molecule has 1 N–H and O–H groups in total. The lowest BCUT2D eigenvalue weighted by molar-refractivity contribution is 0.226. The minimum Gasteiger partial charge on any atom is -0.457 e. The lowest BCUT2D eigenvalue weighted by Gasteiger charge is -2.28. The first-order valence-corrected chi connectivity index (χ1v) is 11.5. The van der Waals surface area contributed by atoms with E-state index in [0.717, 1.165) is 44.0 Å². The van der Waals surface area contributed by atoms with Crippen LogP contribution >= 0.6 is 0 Å². The van der Waals surface area contributed by atoms with Crippen LogP contribution in [0, 0.1) is 0 Å². The predicted molar refractivity (Wildman–Crippen MR) is 113 cm³/mol. The summed E-state index contributed by atoms with van der Waals surface area (Å²) in [6.45, 7) is 6.67. The van der Waals surface area contributed by atoms with E-state index in [1.807, 2.05) is 54.6 Å². The van der Waals surface area contributed by atoms with E-state index >= 15 is 0 Å². The van der Waals surface area contributed by atoms with Gasteiger partial charge in [0.25, 0.3) is 10.2 Å². The third kappa shape index (κ3) is 5.15. The Hall–Kier alpha value is -1.97. The Balaban J connectivity index is 1.36. The van der Waals surface area contributed by atoms with Crippen LogP contribution in [0.25, 0.3) is 0 Å². The van der Waals surface area contributed by atoms with Crippen LogP contribution in [-0.4, -0.2) is 74.3 Å². The maximum absolute atomic E-state index is 12.9. The molecule has 0 bridgehead atoms. The van der Waals surface area contributed by atoms with E-state index in [2.05, 4.69) is 10.2 Å². The van der Waals surface area contributed by atoms with Crippen molar-refractivity contribution in [2.75, 3.05) is 52.4 Å².